The summed E-state index contributed by atoms with van der Waals surface area (Å²) in [5, 5.41) is 11.7. The second kappa shape index (κ2) is 6.64. The van der Waals surface area contributed by atoms with E-state index >= 15 is 0 Å². The Balaban J connectivity index is 2.70. The first-order chi connectivity index (χ1) is 8.19. The number of carbonyl (C=O) groups is 1. The second-order valence-corrected chi connectivity index (χ2v) is 3.76. The fourth-order valence-corrected chi connectivity index (χ4v) is 1.50. The molecule has 0 aromatic heterocycles. The minimum absolute atomic E-state index is 0.00255. The summed E-state index contributed by atoms with van der Waals surface area (Å²) in [6.45, 7) is 2.52. The maximum atomic E-state index is 13.4. The van der Waals surface area contributed by atoms with Crippen molar-refractivity contribution in [1.82, 2.24) is 5.32 Å². The van der Waals surface area contributed by atoms with Crippen LogP contribution in [0.1, 0.15) is 31.2 Å². The Morgan fingerprint density at radius 3 is 2.82 bits per heavy atom. The highest BCUT2D eigenvalue weighted by molar-refractivity contribution is 5.77. The van der Waals surface area contributed by atoms with Gasteiger partial charge in [0.25, 0.3) is 0 Å². The molecule has 0 aliphatic heterocycles. The van der Waals surface area contributed by atoms with Gasteiger partial charge >= 0.3 is 0 Å². The molecule has 1 unspecified atom stereocenters. The molecular formula is C13H15FN2O. The minimum Gasteiger partial charge on any atom is -0.356 e. The lowest BCUT2D eigenvalue weighted by atomic mass is 9.96. The maximum Gasteiger partial charge on any atom is 0.221 e. The van der Waals surface area contributed by atoms with Crippen molar-refractivity contribution in [1.29, 1.82) is 5.26 Å². The van der Waals surface area contributed by atoms with Crippen LogP contribution in [0.2, 0.25) is 0 Å². The predicted molar refractivity (Wildman–Crippen MR) is 62.7 cm³/mol. The Labute approximate surface area is 100 Å². The van der Waals surface area contributed by atoms with Gasteiger partial charge in [-0.1, -0.05) is 25.1 Å². The molecule has 0 heterocycles. The third-order valence-corrected chi connectivity index (χ3v) is 2.40. The van der Waals surface area contributed by atoms with Gasteiger partial charge in [0.15, 0.2) is 0 Å². The summed E-state index contributed by atoms with van der Waals surface area (Å²) in [6, 6.07) is 8.02. The summed E-state index contributed by atoms with van der Waals surface area (Å²) >= 11 is 0. The van der Waals surface area contributed by atoms with Crippen molar-refractivity contribution >= 4 is 5.91 Å². The number of carbonyl (C=O) groups excluding carboxylic acids is 1. The number of nitrogens with one attached hydrogen (secondary N) is 1. The highest BCUT2D eigenvalue weighted by Crippen LogP contribution is 2.21. The van der Waals surface area contributed by atoms with Gasteiger partial charge in [0.2, 0.25) is 5.91 Å². The van der Waals surface area contributed by atoms with Gasteiger partial charge < -0.3 is 5.32 Å². The van der Waals surface area contributed by atoms with E-state index in [0.717, 1.165) is 6.42 Å². The molecule has 0 spiro atoms. The van der Waals surface area contributed by atoms with Crippen LogP contribution in [0.15, 0.2) is 24.3 Å². The highest BCUT2D eigenvalue weighted by Gasteiger charge is 2.18. The molecule has 0 bridgehead atoms. The highest BCUT2D eigenvalue weighted by atomic mass is 19.1. The Morgan fingerprint density at radius 2 is 2.24 bits per heavy atom. The number of halogens is 1. The van der Waals surface area contributed by atoms with Gasteiger partial charge in [-0.05, 0) is 12.5 Å². The molecule has 0 radical (unpaired) electrons. The summed E-state index contributed by atoms with van der Waals surface area (Å²) in [5.74, 6) is -1.39. The van der Waals surface area contributed by atoms with Crippen molar-refractivity contribution in [3.05, 3.63) is 35.6 Å². The van der Waals surface area contributed by atoms with Gasteiger partial charge in [-0.2, -0.15) is 5.26 Å². The number of nitriles is 1. The molecule has 0 aliphatic rings. The lowest BCUT2D eigenvalue weighted by Gasteiger charge is -2.10. The largest absolute Gasteiger partial charge is 0.356 e. The summed E-state index contributed by atoms with van der Waals surface area (Å²) in [4.78, 5) is 11.5. The fraction of sp³-hybridized carbons (Fsp3) is 0.385. The Bertz CT molecular complexity index is 426. The number of nitrogens with zero attached hydrogens (tertiary/aromatic N) is 1. The summed E-state index contributed by atoms with van der Waals surface area (Å²) in [7, 11) is 0. The Kier molecular flexibility index (Phi) is 5.15. The zero-order valence-electron chi connectivity index (χ0n) is 9.74. The fourth-order valence-electron chi connectivity index (χ4n) is 1.50. The number of hydrogen-bond acceptors (Lipinski definition) is 2. The monoisotopic (exact) mass is 234 g/mol. The van der Waals surface area contributed by atoms with E-state index in [4.69, 9.17) is 5.26 Å². The molecule has 4 heteroatoms. The van der Waals surface area contributed by atoms with Crippen molar-refractivity contribution in [2.75, 3.05) is 6.54 Å². The summed E-state index contributed by atoms with van der Waals surface area (Å²) in [5.41, 5.74) is 0.279. The standard InChI is InChI=1S/C13H15FN2O/c1-2-7-16-13(17)8-10(9-15)11-5-3-4-6-12(11)14/h3-6,10H,2,7-8H2,1H3,(H,16,17). The van der Waals surface area contributed by atoms with Gasteiger partial charge in [0.05, 0.1) is 12.0 Å². The van der Waals surface area contributed by atoms with Crippen LogP contribution in [-0.4, -0.2) is 12.5 Å². The third-order valence-electron chi connectivity index (χ3n) is 2.40. The molecule has 90 valence electrons. The van der Waals surface area contributed by atoms with Crippen molar-refractivity contribution in [3.8, 4) is 6.07 Å². The SMILES string of the molecule is CCCNC(=O)CC(C#N)c1ccccc1F. The molecule has 0 saturated heterocycles. The smallest absolute Gasteiger partial charge is 0.221 e. The van der Waals surface area contributed by atoms with Gasteiger partial charge in [0, 0.05) is 18.5 Å². The average Bonchev–Trinajstić information content (AvgIpc) is 2.34. The van der Waals surface area contributed by atoms with Crippen LogP contribution in [0.3, 0.4) is 0 Å². The van der Waals surface area contributed by atoms with E-state index < -0.39 is 11.7 Å². The molecule has 0 aliphatic carbocycles. The molecule has 1 atom stereocenters. The first-order valence-electron chi connectivity index (χ1n) is 5.59. The summed E-state index contributed by atoms with van der Waals surface area (Å²) in [6.07, 6.45) is 0.833. The molecule has 0 fully saturated rings. The van der Waals surface area contributed by atoms with E-state index in [1.165, 1.54) is 12.1 Å². The maximum absolute atomic E-state index is 13.4. The quantitative estimate of drug-likeness (QED) is 0.850. The molecule has 1 N–H and O–H groups in total. The van der Waals surface area contributed by atoms with Crippen LogP contribution in [0.5, 0.6) is 0 Å². The molecule has 1 aromatic rings. The van der Waals surface area contributed by atoms with Crippen LogP contribution in [0.4, 0.5) is 4.39 Å². The molecule has 3 nitrogen and oxygen atoms in total. The van der Waals surface area contributed by atoms with E-state index in [-0.39, 0.29) is 17.9 Å². The van der Waals surface area contributed by atoms with Gasteiger partial charge in [-0.25, -0.2) is 4.39 Å². The second-order valence-electron chi connectivity index (χ2n) is 3.76. The third kappa shape index (κ3) is 3.87. The van der Waals surface area contributed by atoms with E-state index in [0.29, 0.717) is 6.54 Å². The van der Waals surface area contributed by atoms with Gasteiger partial charge in [0.1, 0.15) is 5.82 Å². The van der Waals surface area contributed by atoms with Crippen LogP contribution in [0.25, 0.3) is 0 Å². The Hall–Kier alpha value is -1.89. The first kappa shape index (κ1) is 13.2. The zero-order valence-corrected chi connectivity index (χ0v) is 9.74. The molecule has 1 amide bonds. The van der Waals surface area contributed by atoms with E-state index in [1.807, 2.05) is 13.0 Å². The van der Waals surface area contributed by atoms with Crippen molar-refractivity contribution in [2.45, 2.75) is 25.7 Å². The number of amides is 1. The van der Waals surface area contributed by atoms with Crippen LogP contribution in [0, 0.1) is 17.1 Å². The molecule has 1 rings (SSSR count). The minimum atomic E-state index is -0.729. The lowest BCUT2D eigenvalue weighted by molar-refractivity contribution is -0.121. The lowest BCUT2D eigenvalue weighted by Crippen LogP contribution is -2.25. The summed E-state index contributed by atoms with van der Waals surface area (Å²) < 4.78 is 13.4. The van der Waals surface area contributed by atoms with Crippen molar-refractivity contribution in [2.24, 2.45) is 0 Å². The van der Waals surface area contributed by atoms with Crippen LogP contribution < -0.4 is 5.32 Å². The van der Waals surface area contributed by atoms with Crippen LogP contribution in [-0.2, 0) is 4.79 Å². The predicted octanol–water partition coefficient (Wildman–Crippen LogP) is 2.35. The molecule has 0 saturated carbocycles. The number of rotatable bonds is 5. The average molecular weight is 234 g/mol. The van der Waals surface area contributed by atoms with Crippen molar-refractivity contribution < 1.29 is 9.18 Å². The van der Waals surface area contributed by atoms with Gasteiger partial charge in [-0.3, -0.25) is 4.79 Å². The molecule has 1 aromatic carbocycles. The van der Waals surface area contributed by atoms with Crippen molar-refractivity contribution in [3.63, 3.8) is 0 Å². The Morgan fingerprint density at radius 1 is 1.53 bits per heavy atom. The number of hydrogen-bond donors (Lipinski definition) is 1. The van der Waals surface area contributed by atoms with E-state index in [1.54, 1.807) is 12.1 Å². The molecular weight excluding hydrogens is 219 g/mol. The number of benzene rings is 1. The van der Waals surface area contributed by atoms with E-state index in [2.05, 4.69) is 5.32 Å². The first-order valence-corrected chi connectivity index (χ1v) is 5.59. The molecule has 17 heavy (non-hydrogen) atoms. The van der Waals surface area contributed by atoms with E-state index in [9.17, 15) is 9.18 Å². The zero-order chi connectivity index (χ0) is 12.7. The van der Waals surface area contributed by atoms with Crippen LogP contribution >= 0.6 is 0 Å². The normalized spacial score (nSPS) is 11.6. The van der Waals surface area contributed by atoms with Gasteiger partial charge in [-0.15, -0.1) is 0 Å². The topological polar surface area (TPSA) is 52.9 Å².